The first-order chi connectivity index (χ1) is 19.1. The second-order valence-electron chi connectivity index (χ2n) is 10.4. The number of aryl methyl sites for hydroxylation is 2. The first-order valence-corrected chi connectivity index (χ1v) is 15.4. The highest BCUT2D eigenvalue weighted by molar-refractivity contribution is 7.92. The lowest BCUT2D eigenvalue weighted by Crippen LogP contribution is -2.52. The summed E-state index contributed by atoms with van der Waals surface area (Å²) < 4.78 is 28.9. The second-order valence-corrected chi connectivity index (χ2v) is 12.7. The van der Waals surface area contributed by atoms with Crippen molar-refractivity contribution in [2.75, 3.05) is 10.8 Å². The van der Waals surface area contributed by atoms with Crippen molar-refractivity contribution in [3.05, 3.63) is 94.5 Å². The highest BCUT2D eigenvalue weighted by Crippen LogP contribution is 2.27. The molecule has 0 heterocycles. The van der Waals surface area contributed by atoms with E-state index in [1.54, 1.807) is 25.1 Å². The van der Waals surface area contributed by atoms with Gasteiger partial charge in [0.15, 0.2) is 0 Å². The van der Waals surface area contributed by atoms with Crippen LogP contribution in [-0.4, -0.2) is 43.8 Å². The molecule has 2 amide bonds. The van der Waals surface area contributed by atoms with Gasteiger partial charge in [0, 0.05) is 17.6 Å². The van der Waals surface area contributed by atoms with Gasteiger partial charge >= 0.3 is 0 Å². The third kappa shape index (κ3) is 7.04. The van der Waals surface area contributed by atoms with Gasteiger partial charge in [-0.05, 0) is 86.7 Å². The molecule has 9 heteroatoms. The number of halogens is 1. The van der Waals surface area contributed by atoms with Crippen LogP contribution in [0.25, 0.3) is 0 Å². The van der Waals surface area contributed by atoms with Gasteiger partial charge in [0.2, 0.25) is 11.8 Å². The Morgan fingerprint density at radius 1 is 0.975 bits per heavy atom. The Kier molecular flexibility index (Phi) is 9.53. The first kappa shape index (κ1) is 29.6. The number of carbonyl (C=O) groups is 2. The molecule has 1 atom stereocenters. The molecule has 0 spiro atoms. The number of sulfonamides is 1. The van der Waals surface area contributed by atoms with Crippen molar-refractivity contribution < 1.29 is 18.0 Å². The molecule has 3 aromatic rings. The third-order valence-electron chi connectivity index (χ3n) is 7.44. The Morgan fingerprint density at radius 3 is 2.30 bits per heavy atom. The fourth-order valence-corrected chi connectivity index (χ4v) is 6.52. The predicted molar refractivity (Wildman–Crippen MR) is 159 cm³/mol. The summed E-state index contributed by atoms with van der Waals surface area (Å²) >= 11 is 6.01. The van der Waals surface area contributed by atoms with E-state index in [0.717, 1.165) is 46.7 Å². The van der Waals surface area contributed by atoms with Gasteiger partial charge in [-0.25, -0.2) is 8.42 Å². The Bertz CT molecular complexity index is 1450. The van der Waals surface area contributed by atoms with Crippen LogP contribution in [0.4, 0.5) is 5.69 Å². The van der Waals surface area contributed by atoms with Crippen LogP contribution in [0.15, 0.2) is 77.7 Å². The molecule has 3 aromatic carbocycles. The molecule has 1 N–H and O–H groups in total. The maximum absolute atomic E-state index is 14.1. The highest BCUT2D eigenvalue weighted by Gasteiger charge is 2.33. The van der Waals surface area contributed by atoms with E-state index < -0.39 is 28.5 Å². The van der Waals surface area contributed by atoms with Gasteiger partial charge in [-0.2, -0.15) is 0 Å². The van der Waals surface area contributed by atoms with Crippen LogP contribution in [0.1, 0.15) is 49.3 Å². The van der Waals surface area contributed by atoms with Crippen LogP contribution in [0, 0.1) is 13.8 Å². The second kappa shape index (κ2) is 12.9. The first-order valence-electron chi connectivity index (χ1n) is 13.6. The maximum atomic E-state index is 14.1. The predicted octanol–water partition coefficient (Wildman–Crippen LogP) is 5.63. The summed E-state index contributed by atoms with van der Waals surface area (Å²) in [6.45, 7) is 5.21. The number of nitrogens with one attached hydrogen (secondary N) is 1. The van der Waals surface area contributed by atoms with E-state index in [1.807, 2.05) is 44.2 Å². The molecule has 4 rings (SSSR count). The summed E-state index contributed by atoms with van der Waals surface area (Å²) in [7, 11) is -4.14. The van der Waals surface area contributed by atoms with Crippen molar-refractivity contribution in [2.45, 2.75) is 70.0 Å². The zero-order valence-corrected chi connectivity index (χ0v) is 24.7. The zero-order chi connectivity index (χ0) is 28.9. The van der Waals surface area contributed by atoms with E-state index in [2.05, 4.69) is 5.32 Å². The highest BCUT2D eigenvalue weighted by atomic mass is 35.5. The largest absolute Gasteiger partial charge is 0.352 e. The van der Waals surface area contributed by atoms with Gasteiger partial charge in [0.1, 0.15) is 12.6 Å². The molecule has 1 saturated carbocycles. The average molecular weight is 582 g/mol. The minimum absolute atomic E-state index is 0.0173. The van der Waals surface area contributed by atoms with Crippen LogP contribution < -0.4 is 9.62 Å². The van der Waals surface area contributed by atoms with Crippen molar-refractivity contribution in [3.63, 3.8) is 0 Å². The van der Waals surface area contributed by atoms with Crippen molar-refractivity contribution in [3.8, 4) is 0 Å². The molecule has 0 saturated heterocycles. The van der Waals surface area contributed by atoms with Gasteiger partial charge in [-0.15, -0.1) is 0 Å². The molecule has 212 valence electrons. The minimum Gasteiger partial charge on any atom is -0.352 e. The number of amides is 2. The summed E-state index contributed by atoms with van der Waals surface area (Å²) in [5.41, 5.74) is 3.08. The number of benzene rings is 3. The molecule has 0 unspecified atom stereocenters. The lowest BCUT2D eigenvalue weighted by Gasteiger charge is -2.33. The van der Waals surface area contributed by atoms with Crippen molar-refractivity contribution in [1.29, 1.82) is 0 Å². The minimum atomic E-state index is -4.14. The maximum Gasteiger partial charge on any atom is 0.264 e. The summed E-state index contributed by atoms with van der Waals surface area (Å²) in [4.78, 5) is 28.9. The molecule has 40 heavy (non-hydrogen) atoms. The molecule has 1 aliphatic carbocycles. The Morgan fingerprint density at radius 2 is 1.65 bits per heavy atom. The van der Waals surface area contributed by atoms with Gasteiger partial charge in [0.05, 0.1) is 10.6 Å². The molecule has 0 aliphatic heterocycles. The molecule has 0 bridgehead atoms. The van der Waals surface area contributed by atoms with Crippen LogP contribution in [-0.2, 0) is 26.2 Å². The Balaban J connectivity index is 1.69. The number of rotatable bonds is 10. The van der Waals surface area contributed by atoms with E-state index in [1.165, 1.54) is 29.2 Å². The van der Waals surface area contributed by atoms with Gasteiger partial charge in [-0.1, -0.05) is 60.8 Å². The standard InChI is InChI=1S/C31H36ClN3O4S/c1-22-9-8-14-28(19-22)35(40(38,39)29-17-15-26(32)16-18-29)21-30(36)34(20-25-11-5-4-10-23(25)2)24(3)31(37)33-27-12-6-7-13-27/h4-5,8-11,14-19,24,27H,6-7,12-13,20-21H2,1-3H3,(H,33,37)/t24-/m0/s1. The lowest BCUT2D eigenvalue weighted by molar-refractivity contribution is -0.139. The molecule has 1 aliphatic rings. The number of nitrogens with zero attached hydrogens (tertiary/aromatic N) is 2. The van der Waals surface area contributed by atoms with Crippen LogP contribution >= 0.6 is 11.6 Å². The summed E-state index contributed by atoms with van der Waals surface area (Å²) in [5, 5.41) is 3.50. The summed E-state index contributed by atoms with van der Waals surface area (Å²) in [5.74, 6) is -0.715. The molecule has 0 aromatic heterocycles. The number of hydrogen-bond acceptors (Lipinski definition) is 4. The monoisotopic (exact) mass is 581 g/mol. The van der Waals surface area contributed by atoms with Gasteiger partial charge in [0.25, 0.3) is 10.0 Å². The Labute approximate surface area is 242 Å². The quantitative estimate of drug-likeness (QED) is 0.336. The molecular formula is C31H36ClN3O4S. The smallest absolute Gasteiger partial charge is 0.264 e. The van der Waals surface area contributed by atoms with Crippen LogP contribution in [0.5, 0.6) is 0 Å². The van der Waals surface area contributed by atoms with Crippen molar-refractivity contribution in [1.82, 2.24) is 10.2 Å². The topological polar surface area (TPSA) is 86.8 Å². The fraction of sp³-hybridized carbons (Fsp3) is 0.355. The van der Waals surface area contributed by atoms with Crippen molar-refractivity contribution in [2.24, 2.45) is 0 Å². The summed E-state index contributed by atoms with van der Waals surface area (Å²) in [6, 6.07) is 19.8. The molecular weight excluding hydrogens is 546 g/mol. The number of carbonyl (C=O) groups excluding carboxylic acids is 2. The van der Waals surface area contributed by atoms with Gasteiger partial charge in [-0.3, -0.25) is 13.9 Å². The van der Waals surface area contributed by atoms with E-state index in [-0.39, 0.29) is 23.4 Å². The molecule has 1 fully saturated rings. The summed E-state index contributed by atoms with van der Waals surface area (Å²) in [6.07, 6.45) is 3.98. The molecule has 7 nitrogen and oxygen atoms in total. The number of anilines is 1. The van der Waals surface area contributed by atoms with Crippen molar-refractivity contribution >= 4 is 39.1 Å². The van der Waals surface area contributed by atoms with Crippen LogP contribution in [0.3, 0.4) is 0 Å². The Hall–Kier alpha value is -3.36. The average Bonchev–Trinajstić information content (AvgIpc) is 3.44. The molecule has 0 radical (unpaired) electrons. The number of hydrogen-bond donors (Lipinski definition) is 1. The lowest BCUT2D eigenvalue weighted by atomic mass is 10.1. The normalized spacial score (nSPS) is 14.5. The third-order valence-corrected chi connectivity index (χ3v) is 9.48. The fourth-order valence-electron chi connectivity index (χ4n) is 4.99. The zero-order valence-electron chi connectivity index (χ0n) is 23.1. The SMILES string of the molecule is Cc1cccc(N(CC(=O)N(Cc2ccccc2C)[C@@H](C)C(=O)NC2CCCC2)S(=O)(=O)c2ccc(Cl)cc2)c1. The van der Waals surface area contributed by atoms with E-state index in [9.17, 15) is 18.0 Å². The van der Waals surface area contributed by atoms with E-state index in [0.29, 0.717) is 10.7 Å². The van der Waals surface area contributed by atoms with E-state index in [4.69, 9.17) is 11.6 Å². The van der Waals surface area contributed by atoms with Gasteiger partial charge < -0.3 is 10.2 Å². The van der Waals surface area contributed by atoms with Crippen LogP contribution in [0.2, 0.25) is 5.02 Å². The van der Waals surface area contributed by atoms with E-state index >= 15 is 0 Å².